The zero-order valence-corrected chi connectivity index (χ0v) is 20.2. The highest BCUT2D eigenvalue weighted by Gasteiger charge is 2.37. The van der Waals surface area contributed by atoms with Gasteiger partial charge in [-0.15, -0.1) is 0 Å². The third kappa shape index (κ3) is 4.68. The van der Waals surface area contributed by atoms with Crippen molar-refractivity contribution < 1.29 is 9.90 Å². The first-order valence-corrected chi connectivity index (χ1v) is 12.7. The second kappa shape index (κ2) is 10.3. The number of fused-ring (bicyclic) bond motifs is 2. The highest BCUT2D eigenvalue weighted by molar-refractivity contribution is 7.99. The van der Waals surface area contributed by atoms with Crippen molar-refractivity contribution in [2.75, 3.05) is 24.6 Å². The van der Waals surface area contributed by atoms with Gasteiger partial charge >= 0.3 is 0 Å². The van der Waals surface area contributed by atoms with E-state index in [2.05, 4.69) is 72.3 Å². The van der Waals surface area contributed by atoms with E-state index in [1.807, 2.05) is 6.07 Å². The van der Waals surface area contributed by atoms with Gasteiger partial charge in [-0.1, -0.05) is 44.7 Å². The van der Waals surface area contributed by atoms with Gasteiger partial charge in [-0.05, 0) is 61.9 Å². The van der Waals surface area contributed by atoms with E-state index < -0.39 is 0 Å². The number of amides is 1. The van der Waals surface area contributed by atoms with E-state index in [0.29, 0.717) is 18.0 Å². The van der Waals surface area contributed by atoms with Crippen LogP contribution in [0.1, 0.15) is 56.8 Å². The number of nitrogens with one attached hydrogen (secondary N) is 1. The molecule has 172 valence electrons. The number of nitrogens with zero attached hydrogens (tertiary/aromatic N) is 2. The highest BCUT2D eigenvalue weighted by Crippen LogP contribution is 2.50. The number of aliphatic hydroxyl groups excluding tert-OH is 1. The summed E-state index contributed by atoms with van der Waals surface area (Å²) in [6.07, 6.45) is 4.18. The molecular formula is C26H35N3O2S. The summed E-state index contributed by atoms with van der Waals surface area (Å²) in [4.78, 5) is 20.1. The maximum Gasteiger partial charge on any atom is 0.251 e. The average molecular weight is 454 g/mol. The molecule has 2 atom stereocenters. The lowest BCUT2D eigenvalue weighted by Gasteiger charge is -2.44. The zero-order chi connectivity index (χ0) is 22.7. The van der Waals surface area contributed by atoms with Crippen LogP contribution in [0.2, 0.25) is 0 Å². The zero-order valence-electron chi connectivity index (χ0n) is 19.4. The van der Waals surface area contributed by atoms with Crippen molar-refractivity contribution in [3.05, 3.63) is 48.0 Å². The molecule has 0 radical (unpaired) electrons. The molecule has 0 aliphatic carbocycles. The third-order valence-corrected chi connectivity index (χ3v) is 7.64. The fourth-order valence-corrected chi connectivity index (χ4v) is 5.89. The van der Waals surface area contributed by atoms with Crippen LogP contribution in [0.5, 0.6) is 0 Å². The van der Waals surface area contributed by atoms with Crippen molar-refractivity contribution in [3.8, 4) is 0 Å². The molecule has 2 aliphatic rings. The Balaban J connectivity index is 1.70. The van der Waals surface area contributed by atoms with Gasteiger partial charge in [0.1, 0.15) is 0 Å². The number of benzene rings is 2. The van der Waals surface area contributed by atoms with Crippen LogP contribution in [0.4, 0.5) is 11.4 Å². The molecule has 2 heterocycles. The number of hydrogen-bond donors (Lipinski definition) is 2. The predicted octanol–water partition coefficient (Wildman–Crippen LogP) is 5.26. The first-order chi connectivity index (χ1) is 15.5. The Morgan fingerprint density at radius 1 is 1.19 bits per heavy atom. The summed E-state index contributed by atoms with van der Waals surface area (Å²) in [6, 6.07) is 14.8. The molecule has 1 amide bonds. The molecule has 0 bridgehead atoms. The molecule has 2 unspecified atom stereocenters. The molecule has 32 heavy (non-hydrogen) atoms. The third-order valence-electron chi connectivity index (χ3n) is 6.51. The Labute approximate surface area is 196 Å². The number of rotatable bonds is 8. The molecule has 6 heteroatoms. The van der Waals surface area contributed by atoms with Crippen LogP contribution in [0, 0.1) is 5.92 Å². The molecule has 2 aliphatic heterocycles. The number of aliphatic hydroxyl groups is 1. The summed E-state index contributed by atoms with van der Waals surface area (Å²) in [5.41, 5.74) is 2.96. The van der Waals surface area contributed by atoms with Crippen molar-refractivity contribution >= 4 is 29.0 Å². The summed E-state index contributed by atoms with van der Waals surface area (Å²) in [7, 11) is 0. The van der Waals surface area contributed by atoms with Gasteiger partial charge < -0.3 is 15.3 Å². The summed E-state index contributed by atoms with van der Waals surface area (Å²) in [5.74, 6) is 0.548. The Hall–Kier alpha value is -2.02. The maximum atomic E-state index is 12.9. The highest BCUT2D eigenvalue weighted by atomic mass is 32.2. The lowest BCUT2D eigenvalue weighted by atomic mass is 10.1. The molecule has 1 fully saturated rings. The van der Waals surface area contributed by atoms with Crippen LogP contribution >= 0.6 is 11.8 Å². The van der Waals surface area contributed by atoms with Crippen molar-refractivity contribution in [3.63, 3.8) is 0 Å². The van der Waals surface area contributed by atoms with Crippen molar-refractivity contribution in [2.24, 2.45) is 5.92 Å². The molecule has 5 nitrogen and oxygen atoms in total. The monoisotopic (exact) mass is 453 g/mol. The smallest absolute Gasteiger partial charge is 0.251 e. The maximum absolute atomic E-state index is 12.9. The molecule has 2 N–H and O–H groups in total. The van der Waals surface area contributed by atoms with Crippen molar-refractivity contribution in [2.45, 2.75) is 68.5 Å². The Morgan fingerprint density at radius 2 is 1.97 bits per heavy atom. The first kappa shape index (κ1) is 23.1. The van der Waals surface area contributed by atoms with Gasteiger partial charge in [0.25, 0.3) is 5.91 Å². The van der Waals surface area contributed by atoms with Crippen molar-refractivity contribution in [1.82, 2.24) is 10.2 Å². The first-order valence-electron chi connectivity index (χ1n) is 11.9. The summed E-state index contributed by atoms with van der Waals surface area (Å²) in [5, 5.41) is 13.1. The van der Waals surface area contributed by atoms with Gasteiger partial charge in [0.2, 0.25) is 0 Å². The van der Waals surface area contributed by atoms with Crippen LogP contribution < -0.4 is 10.2 Å². The number of carbonyl (C=O) groups is 1. The van der Waals surface area contributed by atoms with Gasteiger partial charge in [-0.3, -0.25) is 9.69 Å². The Kier molecular flexibility index (Phi) is 7.44. The van der Waals surface area contributed by atoms with Gasteiger partial charge in [0.05, 0.1) is 24.1 Å². The minimum atomic E-state index is -0.0142. The van der Waals surface area contributed by atoms with Crippen LogP contribution in [0.3, 0.4) is 0 Å². The van der Waals surface area contributed by atoms with E-state index >= 15 is 0 Å². The molecule has 2 aromatic carbocycles. The van der Waals surface area contributed by atoms with Crippen LogP contribution in [-0.2, 0) is 0 Å². The van der Waals surface area contributed by atoms with Crippen molar-refractivity contribution in [1.29, 1.82) is 0 Å². The van der Waals surface area contributed by atoms with Gasteiger partial charge in [-0.25, -0.2) is 0 Å². The molecule has 0 spiro atoms. The summed E-state index contributed by atoms with van der Waals surface area (Å²) in [6.45, 7) is 8.41. The van der Waals surface area contributed by atoms with Gasteiger partial charge in [0, 0.05) is 34.5 Å². The molecule has 4 rings (SSSR count). The van der Waals surface area contributed by atoms with Gasteiger partial charge in [-0.2, -0.15) is 0 Å². The fraction of sp³-hybridized carbons (Fsp3) is 0.500. The van der Waals surface area contributed by atoms with E-state index in [9.17, 15) is 9.90 Å². The van der Waals surface area contributed by atoms with E-state index in [1.54, 1.807) is 11.8 Å². The number of likely N-dealkylation sites (tertiary alicyclic amines) is 1. The number of anilines is 2. The predicted molar refractivity (Wildman–Crippen MR) is 132 cm³/mol. The van der Waals surface area contributed by atoms with E-state index in [-0.39, 0.29) is 24.7 Å². The van der Waals surface area contributed by atoms with Crippen LogP contribution in [0.15, 0.2) is 52.3 Å². The van der Waals surface area contributed by atoms with E-state index in [1.165, 1.54) is 15.5 Å². The minimum Gasteiger partial charge on any atom is -0.395 e. The average Bonchev–Trinajstić information content (AvgIpc) is 3.27. The Morgan fingerprint density at radius 3 is 2.72 bits per heavy atom. The topological polar surface area (TPSA) is 55.8 Å². The minimum absolute atomic E-state index is 0.0142. The summed E-state index contributed by atoms with van der Waals surface area (Å²) >= 11 is 1.76. The van der Waals surface area contributed by atoms with E-state index in [4.69, 9.17) is 0 Å². The second-order valence-corrected chi connectivity index (χ2v) is 10.2. The second-order valence-electron chi connectivity index (χ2n) is 9.17. The standard InChI is InChI=1S/C26H35N3O2S/c1-4-25(28-15-7-8-20(28)17-30)29-21-9-5-6-10-23(21)32-24-12-11-19(16-22(24)29)26(31)27-14-13-18(2)3/h5-6,9-12,16,18,20,25,30H,4,7-8,13-15,17H2,1-3H3,(H,27,31). The van der Waals surface area contributed by atoms with Gasteiger partial charge in [0.15, 0.2) is 0 Å². The molecule has 0 aromatic heterocycles. The molecule has 0 saturated carbocycles. The number of para-hydroxylation sites is 1. The number of carbonyl (C=O) groups excluding carboxylic acids is 1. The quantitative estimate of drug-likeness (QED) is 0.571. The van der Waals surface area contributed by atoms with Crippen LogP contribution in [-0.4, -0.2) is 47.8 Å². The largest absolute Gasteiger partial charge is 0.395 e. The normalized spacial score (nSPS) is 19.0. The summed E-state index contributed by atoms with van der Waals surface area (Å²) < 4.78 is 0. The molecular weight excluding hydrogens is 418 g/mol. The number of hydrogen-bond acceptors (Lipinski definition) is 5. The lowest BCUT2D eigenvalue weighted by Crippen LogP contribution is -2.50. The lowest BCUT2D eigenvalue weighted by molar-refractivity contribution is 0.0952. The van der Waals surface area contributed by atoms with E-state index in [0.717, 1.165) is 37.9 Å². The van der Waals surface area contributed by atoms with Crippen LogP contribution in [0.25, 0.3) is 0 Å². The SMILES string of the molecule is CCC(N1c2ccccc2Sc2ccc(C(=O)NCCC(C)C)cc21)N1CCCC1CO. The fourth-order valence-electron chi connectivity index (χ4n) is 4.83. The molecule has 1 saturated heterocycles. The molecule has 2 aromatic rings. The Bertz CT molecular complexity index is 948.